The highest BCUT2D eigenvalue weighted by molar-refractivity contribution is 5.88. The highest BCUT2D eigenvalue weighted by Crippen LogP contribution is 2.28. The molecule has 150 valence electrons. The first-order valence-corrected chi connectivity index (χ1v) is 9.36. The summed E-state index contributed by atoms with van der Waals surface area (Å²) in [5.74, 6) is -1.07. The number of carbonyl (C=O) groups is 1. The van der Waals surface area contributed by atoms with Crippen LogP contribution in [0.1, 0.15) is 0 Å². The molecule has 1 aliphatic rings. The number of hydrogen-bond acceptors (Lipinski definition) is 3. The first kappa shape index (κ1) is 18.9. The van der Waals surface area contributed by atoms with Crippen LogP contribution in [-0.2, 0) is 7.05 Å². The molecule has 0 atom stereocenters. The summed E-state index contributed by atoms with van der Waals surface area (Å²) in [7, 11) is 1.77. The van der Waals surface area contributed by atoms with Gasteiger partial charge in [-0.25, -0.2) is 13.6 Å². The number of urea groups is 1. The van der Waals surface area contributed by atoms with Gasteiger partial charge < -0.3 is 9.80 Å². The second-order valence-corrected chi connectivity index (χ2v) is 6.90. The van der Waals surface area contributed by atoms with Crippen molar-refractivity contribution in [3.63, 3.8) is 0 Å². The Balaban J connectivity index is 1.43. The molecule has 0 spiro atoms. The molecular formula is C21H21F2N5O. The molecule has 2 aromatic carbocycles. The second-order valence-electron chi connectivity index (χ2n) is 6.90. The molecule has 4 rings (SSSR count). The molecule has 8 heteroatoms. The minimum Gasteiger partial charge on any atom is -0.368 e. The maximum atomic E-state index is 14.1. The molecule has 29 heavy (non-hydrogen) atoms. The van der Waals surface area contributed by atoms with E-state index in [4.69, 9.17) is 0 Å². The summed E-state index contributed by atoms with van der Waals surface area (Å²) in [5, 5.41) is 6.88. The average molecular weight is 397 g/mol. The van der Waals surface area contributed by atoms with Crippen LogP contribution in [0.2, 0.25) is 0 Å². The van der Waals surface area contributed by atoms with Crippen molar-refractivity contribution in [3.05, 3.63) is 66.4 Å². The molecule has 0 radical (unpaired) electrons. The number of nitrogens with zero attached hydrogens (tertiary/aromatic N) is 4. The summed E-state index contributed by atoms with van der Waals surface area (Å²) in [5.41, 5.74) is 1.77. The van der Waals surface area contributed by atoms with Gasteiger partial charge in [-0.2, -0.15) is 5.10 Å². The fraction of sp³-hybridized carbons (Fsp3) is 0.238. The van der Waals surface area contributed by atoms with Crippen LogP contribution in [0.5, 0.6) is 0 Å². The van der Waals surface area contributed by atoms with E-state index in [9.17, 15) is 13.6 Å². The largest absolute Gasteiger partial charge is 0.368 e. The number of aromatic nitrogens is 2. The van der Waals surface area contributed by atoms with Gasteiger partial charge in [-0.3, -0.25) is 10.00 Å². The Hall–Kier alpha value is -3.42. The average Bonchev–Trinajstić information content (AvgIpc) is 3.14. The van der Waals surface area contributed by atoms with Crippen LogP contribution in [0.4, 0.5) is 25.1 Å². The van der Waals surface area contributed by atoms with E-state index in [0.29, 0.717) is 37.6 Å². The first-order valence-electron chi connectivity index (χ1n) is 9.36. The van der Waals surface area contributed by atoms with Crippen molar-refractivity contribution in [3.8, 4) is 11.1 Å². The van der Waals surface area contributed by atoms with Crippen LogP contribution < -0.4 is 10.2 Å². The molecular weight excluding hydrogens is 376 g/mol. The fourth-order valence-corrected chi connectivity index (χ4v) is 3.45. The molecule has 6 nitrogen and oxygen atoms in total. The maximum Gasteiger partial charge on any atom is 0.323 e. The lowest BCUT2D eigenvalue weighted by atomic mass is 10.0. The number of halogens is 2. The van der Waals surface area contributed by atoms with Crippen molar-refractivity contribution in [1.82, 2.24) is 14.7 Å². The smallest absolute Gasteiger partial charge is 0.323 e. The molecule has 0 bridgehead atoms. The van der Waals surface area contributed by atoms with Crippen LogP contribution in [0, 0.1) is 11.6 Å². The molecule has 2 amide bonds. The number of anilines is 2. The summed E-state index contributed by atoms with van der Waals surface area (Å²) in [6.45, 7) is 2.41. The van der Waals surface area contributed by atoms with E-state index in [0.717, 1.165) is 11.8 Å². The van der Waals surface area contributed by atoms with E-state index in [1.807, 2.05) is 18.2 Å². The lowest BCUT2D eigenvalue weighted by Gasteiger charge is -2.36. The molecule has 1 N–H and O–H groups in total. The van der Waals surface area contributed by atoms with Crippen molar-refractivity contribution < 1.29 is 13.6 Å². The summed E-state index contributed by atoms with van der Waals surface area (Å²) in [6, 6.07) is 13.1. The van der Waals surface area contributed by atoms with E-state index in [2.05, 4.69) is 15.3 Å². The van der Waals surface area contributed by atoms with E-state index in [1.165, 1.54) is 6.07 Å². The number of benzene rings is 2. The standard InChI is InChI=1S/C21H21F2N5O/c1-26-19(8-9-24-26)25-21(29)28-12-10-27(11-13-28)16-5-2-4-15(14-16)17-6-3-7-18(22)20(17)23/h2-9,14H,10-13H2,1H3,(H,25,29). The van der Waals surface area contributed by atoms with Gasteiger partial charge in [0.05, 0.1) is 6.20 Å². The predicted octanol–water partition coefficient (Wildman–Crippen LogP) is 3.72. The fourth-order valence-electron chi connectivity index (χ4n) is 3.45. The highest BCUT2D eigenvalue weighted by atomic mass is 19.2. The third-order valence-corrected chi connectivity index (χ3v) is 5.10. The quantitative estimate of drug-likeness (QED) is 0.733. The Kier molecular flexibility index (Phi) is 5.16. The van der Waals surface area contributed by atoms with Gasteiger partial charge in [-0.05, 0) is 23.8 Å². The number of amides is 2. The Morgan fingerprint density at radius 2 is 1.79 bits per heavy atom. The Morgan fingerprint density at radius 3 is 2.52 bits per heavy atom. The lowest BCUT2D eigenvalue weighted by Crippen LogP contribution is -2.50. The SMILES string of the molecule is Cn1nccc1NC(=O)N1CCN(c2cccc(-c3cccc(F)c3F)c2)CC1. The topological polar surface area (TPSA) is 53.4 Å². The Morgan fingerprint density at radius 1 is 1.03 bits per heavy atom. The van der Waals surface area contributed by atoms with Crippen LogP contribution in [0.15, 0.2) is 54.7 Å². The summed E-state index contributed by atoms with van der Waals surface area (Å²) >= 11 is 0. The van der Waals surface area contributed by atoms with Gasteiger partial charge in [0.25, 0.3) is 0 Å². The zero-order valence-electron chi connectivity index (χ0n) is 16.0. The number of piperazine rings is 1. The molecule has 0 aliphatic carbocycles. The zero-order chi connectivity index (χ0) is 20.4. The number of carbonyl (C=O) groups excluding carboxylic acids is 1. The van der Waals surface area contributed by atoms with Gasteiger partial charge in [-0.1, -0.05) is 24.3 Å². The van der Waals surface area contributed by atoms with Crippen LogP contribution in [0.3, 0.4) is 0 Å². The maximum absolute atomic E-state index is 14.1. The van der Waals surface area contributed by atoms with Gasteiger partial charge in [0, 0.05) is 50.5 Å². The normalized spacial score (nSPS) is 14.2. The summed E-state index contributed by atoms with van der Waals surface area (Å²) in [6.07, 6.45) is 1.63. The van der Waals surface area contributed by atoms with Crippen molar-refractivity contribution in [2.24, 2.45) is 7.05 Å². The monoisotopic (exact) mass is 397 g/mol. The molecule has 1 saturated heterocycles. The van der Waals surface area contributed by atoms with Crippen LogP contribution >= 0.6 is 0 Å². The van der Waals surface area contributed by atoms with E-state index in [1.54, 1.807) is 41.0 Å². The minimum absolute atomic E-state index is 0.163. The molecule has 2 heterocycles. The number of hydrogen-bond donors (Lipinski definition) is 1. The molecule has 1 aliphatic heterocycles. The van der Waals surface area contributed by atoms with Gasteiger partial charge in [0.15, 0.2) is 11.6 Å². The van der Waals surface area contributed by atoms with Crippen molar-refractivity contribution in [2.75, 3.05) is 36.4 Å². The summed E-state index contributed by atoms with van der Waals surface area (Å²) in [4.78, 5) is 16.3. The highest BCUT2D eigenvalue weighted by Gasteiger charge is 2.22. The van der Waals surface area contributed by atoms with Gasteiger partial charge >= 0.3 is 6.03 Å². The number of nitrogens with one attached hydrogen (secondary N) is 1. The molecule has 1 aromatic heterocycles. The van der Waals surface area contributed by atoms with E-state index < -0.39 is 11.6 Å². The molecule has 3 aromatic rings. The van der Waals surface area contributed by atoms with Crippen LogP contribution in [-0.4, -0.2) is 46.9 Å². The minimum atomic E-state index is -0.860. The van der Waals surface area contributed by atoms with Crippen LogP contribution in [0.25, 0.3) is 11.1 Å². The van der Waals surface area contributed by atoms with Crippen molar-refractivity contribution >= 4 is 17.5 Å². The zero-order valence-corrected chi connectivity index (χ0v) is 16.0. The third-order valence-electron chi connectivity index (χ3n) is 5.10. The lowest BCUT2D eigenvalue weighted by molar-refractivity contribution is 0.208. The second kappa shape index (κ2) is 7.90. The number of rotatable bonds is 3. The van der Waals surface area contributed by atoms with Crippen molar-refractivity contribution in [2.45, 2.75) is 0 Å². The molecule has 0 saturated carbocycles. The summed E-state index contributed by atoms with van der Waals surface area (Å²) < 4.78 is 29.3. The molecule has 0 unspecified atom stereocenters. The number of aryl methyl sites for hydroxylation is 1. The molecule has 1 fully saturated rings. The third kappa shape index (κ3) is 3.91. The van der Waals surface area contributed by atoms with E-state index in [-0.39, 0.29) is 11.6 Å². The Labute approximate surface area is 167 Å². The van der Waals surface area contributed by atoms with Gasteiger partial charge in [0.1, 0.15) is 5.82 Å². The predicted molar refractivity (Wildman–Crippen MR) is 108 cm³/mol. The van der Waals surface area contributed by atoms with Gasteiger partial charge in [0.2, 0.25) is 0 Å². The first-order chi connectivity index (χ1) is 14.0. The van der Waals surface area contributed by atoms with Crippen molar-refractivity contribution in [1.29, 1.82) is 0 Å². The van der Waals surface area contributed by atoms with E-state index >= 15 is 0 Å². The van der Waals surface area contributed by atoms with Gasteiger partial charge in [-0.15, -0.1) is 0 Å². The Bertz CT molecular complexity index is 1030.